The molecule has 0 rings (SSSR count). The van der Waals surface area contributed by atoms with E-state index >= 15 is 0 Å². The summed E-state index contributed by atoms with van der Waals surface area (Å²) in [5, 5.41) is 0. The summed E-state index contributed by atoms with van der Waals surface area (Å²) >= 11 is 0. The van der Waals surface area contributed by atoms with Gasteiger partial charge in [0.25, 0.3) is 0 Å². The van der Waals surface area contributed by atoms with Crippen molar-refractivity contribution in [3.05, 3.63) is 24.3 Å². The third kappa shape index (κ3) is 37.7. The van der Waals surface area contributed by atoms with E-state index in [2.05, 4.69) is 57.0 Å². The van der Waals surface area contributed by atoms with Gasteiger partial charge < -0.3 is 14.4 Å². The van der Waals surface area contributed by atoms with E-state index in [0.29, 0.717) is 0 Å². The van der Waals surface area contributed by atoms with Crippen LogP contribution in [0.4, 0.5) is 0 Å². The second kappa shape index (κ2) is 39.5. The van der Waals surface area contributed by atoms with Gasteiger partial charge in [-0.05, 0) is 77.8 Å². The summed E-state index contributed by atoms with van der Waals surface area (Å²) in [6.45, 7) is 11.3. The first kappa shape index (κ1) is 44.4. The number of hydrogen-bond donors (Lipinski definition) is 0. The molecule has 268 valence electrons. The summed E-state index contributed by atoms with van der Waals surface area (Å²) in [4.78, 5) is 2.35. The Balaban J connectivity index is 3.61. The van der Waals surface area contributed by atoms with Gasteiger partial charge in [0.05, 0.1) is 12.7 Å². The smallest absolute Gasteiger partial charge is 0.0934 e. The van der Waals surface area contributed by atoms with Crippen LogP contribution in [-0.4, -0.2) is 51.0 Å². The van der Waals surface area contributed by atoms with Crippen molar-refractivity contribution in [1.29, 1.82) is 0 Å². The molecular weight excluding hydrogens is 550 g/mol. The van der Waals surface area contributed by atoms with Gasteiger partial charge in [-0.1, -0.05) is 161 Å². The Bertz CT molecular complexity index is 589. The monoisotopic (exact) mass is 634 g/mol. The SMILES string of the molecule is CCCCCCCC/C=C\CCCCCCCCOCC(CN(C)CC)OCCCCCCCC/C=C\CCCCCCCC. The topological polar surface area (TPSA) is 21.7 Å². The van der Waals surface area contributed by atoms with Gasteiger partial charge in [0.15, 0.2) is 0 Å². The summed E-state index contributed by atoms with van der Waals surface area (Å²) in [6.07, 6.45) is 47.6. The first-order valence-electron chi connectivity index (χ1n) is 20.4. The molecule has 0 aliphatic carbocycles. The van der Waals surface area contributed by atoms with Crippen molar-refractivity contribution in [2.75, 3.05) is 40.0 Å². The molecule has 0 aromatic carbocycles. The first-order chi connectivity index (χ1) is 22.2. The zero-order chi connectivity index (χ0) is 32.7. The molecule has 0 spiro atoms. The molecule has 0 saturated carbocycles. The van der Waals surface area contributed by atoms with Crippen LogP contribution in [0.3, 0.4) is 0 Å². The quantitative estimate of drug-likeness (QED) is 0.0499. The van der Waals surface area contributed by atoms with E-state index in [1.165, 1.54) is 180 Å². The van der Waals surface area contributed by atoms with Crippen LogP contribution in [0.1, 0.15) is 201 Å². The van der Waals surface area contributed by atoms with E-state index in [4.69, 9.17) is 9.47 Å². The van der Waals surface area contributed by atoms with E-state index in [1.54, 1.807) is 0 Å². The maximum atomic E-state index is 6.29. The van der Waals surface area contributed by atoms with Crippen molar-refractivity contribution < 1.29 is 9.47 Å². The molecule has 45 heavy (non-hydrogen) atoms. The molecule has 0 heterocycles. The molecule has 0 aliphatic heterocycles. The fourth-order valence-corrected chi connectivity index (χ4v) is 5.90. The summed E-state index contributed by atoms with van der Waals surface area (Å²) in [5.74, 6) is 0. The van der Waals surface area contributed by atoms with Gasteiger partial charge in [-0.2, -0.15) is 0 Å². The summed E-state index contributed by atoms with van der Waals surface area (Å²) < 4.78 is 12.4. The van der Waals surface area contributed by atoms with Crippen LogP contribution in [0.5, 0.6) is 0 Å². The lowest BCUT2D eigenvalue weighted by Gasteiger charge is -2.23. The van der Waals surface area contributed by atoms with E-state index in [0.717, 1.165) is 32.9 Å². The average Bonchev–Trinajstić information content (AvgIpc) is 3.05. The number of nitrogens with zero attached hydrogens (tertiary/aromatic N) is 1. The third-order valence-corrected chi connectivity index (χ3v) is 9.17. The van der Waals surface area contributed by atoms with Crippen LogP contribution in [-0.2, 0) is 9.47 Å². The van der Waals surface area contributed by atoms with Gasteiger partial charge in [-0.25, -0.2) is 0 Å². The van der Waals surface area contributed by atoms with Crippen molar-refractivity contribution in [2.45, 2.75) is 207 Å². The van der Waals surface area contributed by atoms with Crippen LogP contribution >= 0.6 is 0 Å². The fraction of sp³-hybridized carbons (Fsp3) is 0.905. The molecule has 0 amide bonds. The Hall–Kier alpha value is -0.640. The zero-order valence-corrected chi connectivity index (χ0v) is 31.5. The molecular formula is C42H83NO2. The molecule has 0 aliphatic rings. The second-order valence-electron chi connectivity index (χ2n) is 13.8. The number of rotatable bonds is 38. The van der Waals surface area contributed by atoms with Crippen molar-refractivity contribution in [1.82, 2.24) is 4.90 Å². The number of ether oxygens (including phenoxy) is 2. The Morgan fingerprint density at radius 3 is 1.20 bits per heavy atom. The van der Waals surface area contributed by atoms with Crippen LogP contribution < -0.4 is 0 Å². The zero-order valence-electron chi connectivity index (χ0n) is 31.5. The van der Waals surface area contributed by atoms with E-state index in [-0.39, 0.29) is 6.10 Å². The molecule has 0 saturated heterocycles. The minimum atomic E-state index is 0.201. The highest BCUT2D eigenvalue weighted by atomic mass is 16.5. The van der Waals surface area contributed by atoms with Gasteiger partial charge >= 0.3 is 0 Å². The maximum absolute atomic E-state index is 6.29. The minimum Gasteiger partial charge on any atom is -0.379 e. The van der Waals surface area contributed by atoms with Gasteiger partial charge in [0.1, 0.15) is 0 Å². The van der Waals surface area contributed by atoms with Crippen LogP contribution in [0.15, 0.2) is 24.3 Å². The molecule has 0 fully saturated rings. The van der Waals surface area contributed by atoms with E-state index in [1.807, 2.05) is 0 Å². The highest BCUT2D eigenvalue weighted by Gasteiger charge is 2.12. The van der Waals surface area contributed by atoms with Crippen LogP contribution in [0.25, 0.3) is 0 Å². The molecule has 1 atom stereocenters. The summed E-state index contributed by atoms with van der Waals surface area (Å²) in [7, 11) is 2.19. The number of allylic oxidation sites excluding steroid dienone is 4. The molecule has 0 bridgehead atoms. The largest absolute Gasteiger partial charge is 0.379 e. The lowest BCUT2D eigenvalue weighted by atomic mass is 10.1. The first-order valence-corrected chi connectivity index (χ1v) is 20.4. The standard InChI is InChI=1S/C42H83NO2/c1-5-8-10-12-14-16-18-20-22-24-26-28-30-32-34-36-38-44-41-42(40-43(4)7-3)45-39-37-35-33-31-29-27-25-23-21-19-17-15-13-11-9-6-2/h20-23,42H,5-19,24-41H2,1-4H3/b22-20-,23-21-. The van der Waals surface area contributed by atoms with Crippen molar-refractivity contribution in [3.63, 3.8) is 0 Å². The predicted octanol–water partition coefficient (Wildman–Crippen LogP) is 13.4. The van der Waals surface area contributed by atoms with Crippen LogP contribution in [0.2, 0.25) is 0 Å². The van der Waals surface area contributed by atoms with Crippen LogP contribution in [0, 0.1) is 0 Å². The fourth-order valence-electron chi connectivity index (χ4n) is 5.90. The second-order valence-corrected chi connectivity index (χ2v) is 13.8. The highest BCUT2D eigenvalue weighted by Crippen LogP contribution is 2.12. The lowest BCUT2D eigenvalue weighted by Crippen LogP contribution is -2.34. The number of likely N-dealkylation sites (N-methyl/N-ethyl adjacent to an activating group) is 1. The lowest BCUT2D eigenvalue weighted by molar-refractivity contribution is -0.0308. The summed E-state index contributed by atoms with van der Waals surface area (Å²) in [6, 6.07) is 0. The normalized spacial score (nSPS) is 12.8. The van der Waals surface area contributed by atoms with Crippen molar-refractivity contribution in [3.8, 4) is 0 Å². The van der Waals surface area contributed by atoms with Gasteiger partial charge in [0, 0.05) is 19.8 Å². The van der Waals surface area contributed by atoms with E-state index < -0.39 is 0 Å². The highest BCUT2D eigenvalue weighted by molar-refractivity contribution is 4.82. The Labute approximate surface area is 284 Å². The van der Waals surface area contributed by atoms with E-state index in [9.17, 15) is 0 Å². The number of hydrogen-bond acceptors (Lipinski definition) is 3. The minimum absolute atomic E-state index is 0.201. The van der Waals surface area contributed by atoms with Crippen molar-refractivity contribution >= 4 is 0 Å². The van der Waals surface area contributed by atoms with Gasteiger partial charge in [0.2, 0.25) is 0 Å². The van der Waals surface area contributed by atoms with Crippen molar-refractivity contribution in [2.24, 2.45) is 0 Å². The van der Waals surface area contributed by atoms with Gasteiger partial charge in [-0.15, -0.1) is 0 Å². The molecule has 3 heteroatoms. The third-order valence-electron chi connectivity index (χ3n) is 9.17. The molecule has 0 aromatic heterocycles. The predicted molar refractivity (Wildman–Crippen MR) is 203 cm³/mol. The summed E-state index contributed by atoms with van der Waals surface area (Å²) in [5.41, 5.74) is 0. The Kier molecular flexibility index (Phi) is 39.0. The average molecular weight is 634 g/mol. The molecule has 0 radical (unpaired) electrons. The van der Waals surface area contributed by atoms with Gasteiger partial charge in [-0.3, -0.25) is 0 Å². The Morgan fingerprint density at radius 2 is 0.800 bits per heavy atom. The Morgan fingerprint density at radius 1 is 0.444 bits per heavy atom. The molecule has 0 aromatic rings. The molecule has 0 N–H and O–H groups in total. The molecule has 1 unspecified atom stereocenters. The molecule has 3 nitrogen and oxygen atoms in total. The number of unbranched alkanes of at least 4 members (excludes halogenated alkanes) is 24. The maximum Gasteiger partial charge on any atom is 0.0934 e.